The first-order valence-electron chi connectivity index (χ1n) is 11.0. The fraction of sp³-hybridized carbons (Fsp3) is 0.148. The van der Waals surface area contributed by atoms with Gasteiger partial charge in [0.05, 0.1) is 18.4 Å². The minimum absolute atomic E-state index is 0.130. The Balaban J connectivity index is 1.48. The predicted octanol–water partition coefficient (Wildman–Crippen LogP) is 3.98. The van der Waals surface area contributed by atoms with Crippen LogP contribution >= 0.6 is 0 Å². The molecule has 0 atom stereocenters. The highest BCUT2D eigenvalue weighted by atomic mass is 16.5. The quantitative estimate of drug-likeness (QED) is 0.401. The van der Waals surface area contributed by atoms with Crippen LogP contribution in [0.5, 0.6) is 5.75 Å². The zero-order valence-electron chi connectivity index (χ0n) is 18.9. The molecule has 34 heavy (non-hydrogen) atoms. The van der Waals surface area contributed by atoms with E-state index in [0.29, 0.717) is 29.1 Å². The molecule has 7 nitrogen and oxygen atoms in total. The van der Waals surface area contributed by atoms with Crippen LogP contribution in [0.3, 0.4) is 0 Å². The van der Waals surface area contributed by atoms with Crippen molar-refractivity contribution in [2.45, 2.75) is 13.0 Å². The van der Waals surface area contributed by atoms with Crippen molar-refractivity contribution in [1.82, 2.24) is 20.4 Å². The molecule has 0 saturated heterocycles. The summed E-state index contributed by atoms with van der Waals surface area (Å²) in [6.07, 6.45) is 1.87. The van der Waals surface area contributed by atoms with E-state index in [9.17, 15) is 9.59 Å². The summed E-state index contributed by atoms with van der Waals surface area (Å²) in [5.74, 6) is 0.184. The number of para-hydroxylation sites is 2. The van der Waals surface area contributed by atoms with Gasteiger partial charge in [0.15, 0.2) is 0 Å². The summed E-state index contributed by atoms with van der Waals surface area (Å²) >= 11 is 0. The standard InChI is InChI=1S/C27H26N4O3/c1-34-24-15-9-8-14-22(24)26-23(19-31(30-26)21-12-6-3-7-13-21)27(33)28-17-16-25(32)29-18-20-10-4-2-5-11-20/h2-15,19H,16-18H2,1H3,(H,28,33)(H,29,32). The van der Waals surface area contributed by atoms with Gasteiger partial charge in [-0.15, -0.1) is 0 Å². The van der Waals surface area contributed by atoms with Gasteiger partial charge < -0.3 is 15.4 Å². The summed E-state index contributed by atoms with van der Waals surface area (Å²) in [5.41, 5.74) is 3.48. The lowest BCUT2D eigenvalue weighted by molar-refractivity contribution is -0.121. The van der Waals surface area contributed by atoms with Crippen molar-refractivity contribution < 1.29 is 14.3 Å². The van der Waals surface area contributed by atoms with Gasteiger partial charge in [0.2, 0.25) is 5.91 Å². The number of ether oxygens (including phenoxy) is 1. The Hall–Kier alpha value is -4.39. The smallest absolute Gasteiger partial charge is 0.255 e. The Bertz CT molecular complexity index is 1250. The van der Waals surface area contributed by atoms with Crippen LogP contribution in [-0.4, -0.2) is 35.2 Å². The number of carbonyl (C=O) groups is 2. The number of nitrogens with zero attached hydrogens (tertiary/aromatic N) is 2. The van der Waals surface area contributed by atoms with E-state index in [1.165, 1.54) is 0 Å². The lowest BCUT2D eigenvalue weighted by Gasteiger charge is -2.09. The third kappa shape index (κ3) is 5.50. The highest BCUT2D eigenvalue weighted by Gasteiger charge is 2.21. The lowest BCUT2D eigenvalue weighted by atomic mass is 10.1. The molecule has 7 heteroatoms. The summed E-state index contributed by atoms with van der Waals surface area (Å²) in [5, 5.41) is 10.4. The first kappa shape index (κ1) is 22.8. The number of carbonyl (C=O) groups excluding carboxylic acids is 2. The van der Waals surface area contributed by atoms with Crippen molar-refractivity contribution in [2.75, 3.05) is 13.7 Å². The summed E-state index contributed by atoms with van der Waals surface area (Å²) in [7, 11) is 1.58. The third-order valence-corrected chi connectivity index (χ3v) is 5.31. The van der Waals surface area contributed by atoms with E-state index >= 15 is 0 Å². The third-order valence-electron chi connectivity index (χ3n) is 5.31. The summed E-state index contributed by atoms with van der Waals surface area (Å²) in [4.78, 5) is 25.3. The second-order valence-corrected chi connectivity index (χ2v) is 7.64. The van der Waals surface area contributed by atoms with Gasteiger partial charge >= 0.3 is 0 Å². The number of methoxy groups -OCH3 is 1. The number of hydrogen-bond donors (Lipinski definition) is 2. The van der Waals surface area contributed by atoms with E-state index in [0.717, 1.165) is 11.3 Å². The zero-order valence-corrected chi connectivity index (χ0v) is 18.9. The summed E-state index contributed by atoms with van der Waals surface area (Å²) < 4.78 is 7.16. The molecule has 3 aromatic carbocycles. The average Bonchev–Trinajstić information content (AvgIpc) is 3.34. The van der Waals surface area contributed by atoms with Crippen LogP contribution in [0.25, 0.3) is 16.9 Å². The molecule has 2 amide bonds. The van der Waals surface area contributed by atoms with Crippen LogP contribution in [-0.2, 0) is 11.3 Å². The number of aromatic nitrogens is 2. The zero-order chi connectivity index (χ0) is 23.8. The van der Waals surface area contributed by atoms with E-state index in [2.05, 4.69) is 15.7 Å². The fourth-order valence-corrected chi connectivity index (χ4v) is 3.56. The molecular weight excluding hydrogens is 428 g/mol. The van der Waals surface area contributed by atoms with E-state index in [1.54, 1.807) is 18.0 Å². The Kier molecular flexibility index (Phi) is 7.35. The first-order valence-corrected chi connectivity index (χ1v) is 11.0. The van der Waals surface area contributed by atoms with Gasteiger partial charge in [0, 0.05) is 31.3 Å². The number of amides is 2. The fourth-order valence-electron chi connectivity index (χ4n) is 3.56. The Labute approximate surface area is 198 Å². The number of rotatable bonds is 9. The second kappa shape index (κ2) is 11.0. The van der Waals surface area contributed by atoms with Crippen LogP contribution in [0.1, 0.15) is 22.3 Å². The number of hydrogen-bond acceptors (Lipinski definition) is 4. The van der Waals surface area contributed by atoms with Crippen LogP contribution in [0, 0.1) is 0 Å². The van der Waals surface area contributed by atoms with Crippen LogP contribution in [0.15, 0.2) is 91.1 Å². The van der Waals surface area contributed by atoms with Crippen molar-refractivity contribution in [3.05, 3.63) is 102 Å². The van der Waals surface area contributed by atoms with E-state index in [-0.39, 0.29) is 24.8 Å². The molecule has 0 aliphatic heterocycles. The number of nitrogens with one attached hydrogen (secondary N) is 2. The Morgan fingerprint density at radius 2 is 1.56 bits per heavy atom. The summed E-state index contributed by atoms with van der Waals surface area (Å²) in [6, 6.07) is 26.7. The van der Waals surface area contributed by atoms with Gasteiger partial charge in [0.1, 0.15) is 11.4 Å². The first-order chi connectivity index (χ1) is 16.7. The van der Waals surface area contributed by atoms with Gasteiger partial charge in [-0.2, -0.15) is 5.10 Å². The van der Waals surface area contributed by atoms with Gasteiger partial charge in [-0.25, -0.2) is 4.68 Å². The lowest BCUT2D eigenvalue weighted by Crippen LogP contribution is -2.30. The Morgan fingerprint density at radius 3 is 2.29 bits per heavy atom. The van der Waals surface area contributed by atoms with E-state index < -0.39 is 0 Å². The molecule has 4 aromatic rings. The van der Waals surface area contributed by atoms with Crippen molar-refractivity contribution >= 4 is 11.8 Å². The monoisotopic (exact) mass is 454 g/mol. The van der Waals surface area contributed by atoms with Gasteiger partial charge in [-0.05, 0) is 29.8 Å². The molecule has 0 radical (unpaired) electrons. The molecule has 172 valence electrons. The molecule has 0 saturated carbocycles. The maximum absolute atomic E-state index is 13.1. The predicted molar refractivity (Wildman–Crippen MR) is 131 cm³/mol. The SMILES string of the molecule is COc1ccccc1-c1nn(-c2ccccc2)cc1C(=O)NCCC(=O)NCc1ccccc1. The molecule has 1 heterocycles. The maximum atomic E-state index is 13.1. The van der Waals surface area contributed by atoms with Crippen molar-refractivity contribution in [3.8, 4) is 22.7 Å². The van der Waals surface area contributed by atoms with Crippen LogP contribution in [0.2, 0.25) is 0 Å². The molecule has 0 unspecified atom stereocenters. The van der Waals surface area contributed by atoms with E-state index in [4.69, 9.17) is 4.74 Å². The van der Waals surface area contributed by atoms with Crippen LogP contribution in [0.4, 0.5) is 0 Å². The largest absolute Gasteiger partial charge is 0.496 e. The molecule has 0 fully saturated rings. The summed E-state index contributed by atoms with van der Waals surface area (Å²) in [6.45, 7) is 0.663. The highest BCUT2D eigenvalue weighted by molar-refractivity contribution is 6.00. The molecule has 0 aliphatic rings. The molecule has 4 rings (SSSR count). The van der Waals surface area contributed by atoms with Crippen molar-refractivity contribution in [2.24, 2.45) is 0 Å². The number of benzene rings is 3. The molecule has 2 N–H and O–H groups in total. The highest BCUT2D eigenvalue weighted by Crippen LogP contribution is 2.31. The molecule has 0 spiro atoms. The molecular formula is C27H26N4O3. The van der Waals surface area contributed by atoms with Gasteiger partial charge in [0.25, 0.3) is 5.91 Å². The minimum Gasteiger partial charge on any atom is -0.496 e. The van der Waals surface area contributed by atoms with Crippen molar-refractivity contribution in [3.63, 3.8) is 0 Å². The molecule has 1 aromatic heterocycles. The van der Waals surface area contributed by atoms with Gasteiger partial charge in [-0.1, -0.05) is 60.7 Å². The van der Waals surface area contributed by atoms with Gasteiger partial charge in [-0.3, -0.25) is 9.59 Å². The maximum Gasteiger partial charge on any atom is 0.255 e. The van der Waals surface area contributed by atoms with Crippen molar-refractivity contribution in [1.29, 1.82) is 0 Å². The van der Waals surface area contributed by atoms with Crippen LogP contribution < -0.4 is 15.4 Å². The molecule has 0 bridgehead atoms. The second-order valence-electron chi connectivity index (χ2n) is 7.64. The Morgan fingerprint density at radius 1 is 0.882 bits per heavy atom. The average molecular weight is 455 g/mol. The van der Waals surface area contributed by atoms with E-state index in [1.807, 2.05) is 84.9 Å². The minimum atomic E-state index is -0.307. The topological polar surface area (TPSA) is 85.2 Å². The molecule has 0 aliphatic carbocycles. The normalized spacial score (nSPS) is 10.5.